The molecule has 290 valence electrons. The van der Waals surface area contributed by atoms with Crippen molar-refractivity contribution in [3.63, 3.8) is 0 Å². The SMILES string of the molecule is O=C1CCC(N2Cc3cc(OCCCN4CCCN(CCCc5ccc(Oc6c(-c7ccc(Br)cc7)sc7cc(O)ccc67)cc5)CC4)ccc3C2=O)C(=O)O1. The molecule has 5 aromatic rings. The fraction of sp³-hybridized carbons (Fsp3) is 0.341. The number of carbonyl (C=O) groups excluding carboxylic acids is 3. The third kappa shape index (κ3) is 8.78. The predicted octanol–water partition coefficient (Wildman–Crippen LogP) is 8.43. The molecule has 1 aromatic heterocycles. The average molecular weight is 839 g/mol. The summed E-state index contributed by atoms with van der Waals surface area (Å²) in [5.74, 6) is 1.16. The summed E-state index contributed by atoms with van der Waals surface area (Å²) in [6, 6.07) is 26.8. The van der Waals surface area contributed by atoms with Gasteiger partial charge in [0.2, 0.25) is 0 Å². The van der Waals surface area contributed by atoms with E-state index in [-0.39, 0.29) is 18.1 Å². The van der Waals surface area contributed by atoms with E-state index < -0.39 is 18.0 Å². The van der Waals surface area contributed by atoms with Crippen molar-refractivity contribution in [3.8, 4) is 33.4 Å². The Labute approximate surface area is 338 Å². The minimum atomic E-state index is -0.726. The van der Waals surface area contributed by atoms with Crippen molar-refractivity contribution < 1.29 is 33.7 Å². The van der Waals surface area contributed by atoms with Gasteiger partial charge in [-0.1, -0.05) is 40.2 Å². The second kappa shape index (κ2) is 17.2. The number of rotatable bonds is 13. The zero-order valence-electron chi connectivity index (χ0n) is 31.1. The Morgan fingerprint density at radius 2 is 1.59 bits per heavy atom. The highest BCUT2D eigenvalue weighted by atomic mass is 79.9. The smallest absolute Gasteiger partial charge is 0.336 e. The number of phenols is 1. The molecule has 0 spiro atoms. The van der Waals surface area contributed by atoms with E-state index in [1.807, 2.05) is 30.3 Å². The van der Waals surface area contributed by atoms with Crippen LogP contribution in [0, 0.1) is 0 Å². The number of esters is 2. The number of ether oxygens (including phenoxy) is 3. The van der Waals surface area contributed by atoms with Crippen molar-refractivity contribution in [1.82, 2.24) is 14.7 Å². The highest BCUT2D eigenvalue weighted by Gasteiger charge is 2.40. The third-order valence-electron chi connectivity index (χ3n) is 10.8. The van der Waals surface area contributed by atoms with Crippen LogP contribution in [0.3, 0.4) is 0 Å². The van der Waals surface area contributed by atoms with E-state index in [1.165, 1.54) is 10.5 Å². The summed E-state index contributed by atoms with van der Waals surface area (Å²) in [7, 11) is 0. The van der Waals surface area contributed by atoms with Crippen molar-refractivity contribution in [2.24, 2.45) is 0 Å². The van der Waals surface area contributed by atoms with Gasteiger partial charge >= 0.3 is 11.9 Å². The zero-order chi connectivity index (χ0) is 38.6. The minimum absolute atomic E-state index is 0.131. The highest BCUT2D eigenvalue weighted by Crippen LogP contribution is 2.47. The summed E-state index contributed by atoms with van der Waals surface area (Å²) < 4.78 is 19.4. The van der Waals surface area contributed by atoms with Crippen LogP contribution in [0.4, 0.5) is 0 Å². The molecule has 12 heteroatoms. The molecular formula is C44H44BrN3O7S. The molecule has 0 radical (unpaired) electrons. The van der Waals surface area contributed by atoms with E-state index in [9.17, 15) is 19.5 Å². The summed E-state index contributed by atoms with van der Waals surface area (Å²) in [6.07, 6.45) is 4.57. The number of phenolic OH excluding ortho intramolecular Hbond substituents is 1. The van der Waals surface area contributed by atoms with E-state index in [1.54, 1.807) is 29.5 Å². The Hall–Kier alpha value is -4.75. The van der Waals surface area contributed by atoms with Crippen LogP contribution < -0.4 is 9.47 Å². The van der Waals surface area contributed by atoms with Crippen LogP contribution in [0.25, 0.3) is 20.5 Å². The van der Waals surface area contributed by atoms with Gasteiger partial charge in [-0.3, -0.25) is 9.59 Å². The highest BCUT2D eigenvalue weighted by molar-refractivity contribution is 9.10. The van der Waals surface area contributed by atoms with Crippen LogP contribution in [0.15, 0.2) is 89.4 Å². The fourth-order valence-corrected chi connectivity index (χ4v) is 9.23. The van der Waals surface area contributed by atoms with Gasteiger partial charge in [-0.25, -0.2) is 4.79 Å². The summed E-state index contributed by atoms with van der Waals surface area (Å²) in [6.45, 7) is 7.20. The van der Waals surface area contributed by atoms with Gasteiger partial charge in [0.1, 0.15) is 23.3 Å². The molecule has 3 aliphatic heterocycles. The Balaban J connectivity index is 0.763. The average Bonchev–Trinajstić information content (AvgIpc) is 3.60. The normalized spacial score (nSPS) is 17.9. The van der Waals surface area contributed by atoms with Gasteiger partial charge in [0.15, 0.2) is 5.75 Å². The molecule has 3 aliphatic rings. The van der Waals surface area contributed by atoms with Crippen LogP contribution in [-0.4, -0.2) is 89.6 Å². The van der Waals surface area contributed by atoms with Crippen molar-refractivity contribution in [2.45, 2.75) is 51.1 Å². The van der Waals surface area contributed by atoms with Gasteiger partial charge in [-0.2, -0.15) is 0 Å². The Morgan fingerprint density at radius 1 is 0.839 bits per heavy atom. The number of aryl methyl sites for hydroxylation is 1. The van der Waals surface area contributed by atoms with E-state index in [4.69, 9.17) is 14.2 Å². The van der Waals surface area contributed by atoms with E-state index in [0.29, 0.717) is 30.9 Å². The van der Waals surface area contributed by atoms with Crippen LogP contribution in [0.5, 0.6) is 23.0 Å². The molecule has 4 aromatic carbocycles. The van der Waals surface area contributed by atoms with Crippen molar-refractivity contribution in [3.05, 3.63) is 106 Å². The Bertz CT molecular complexity index is 2220. The first-order valence-corrected chi connectivity index (χ1v) is 20.9. The number of hydrogen-bond acceptors (Lipinski definition) is 10. The van der Waals surface area contributed by atoms with Crippen molar-refractivity contribution in [1.29, 1.82) is 0 Å². The third-order valence-corrected chi connectivity index (χ3v) is 12.5. The minimum Gasteiger partial charge on any atom is -0.508 e. The Morgan fingerprint density at radius 3 is 2.36 bits per heavy atom. The first-order chi connectivity index (χ1) is 27.3. The van der Waals surface area contributed by atoms with E-state index in [2.05, 4.69) is 62.1 Å². The second-order valence-electron chi connectivity index (χ2n) is 14.6. The summed E-state index contributed by atoms with van der Waals surface area (Å²) in [4.78, 5) is 44.3. The van der Waals surface area contributed by atoms with Crippen LogP contribution in [0.1, 0.15) is 53.6 Å². The van der Waals surface area contributed by atoms with Gasteiger partial charge in [-0.15, -0.1) is 11.3 Å². The molecule has 0 bridgehead atoms. The molecule has 4 heterocycles. The summed E-state index contributed by atoms with van der Waals surface area (Å²) in [5.41, 5.74) is 3.76. The zero-order valence-corrected chi connectivity index (χ0v) is 33.5. The monoisotopic (exact) mass is 837 g/mol. The molecule has 56 heavy (non-hydrogen) atoms. The number of halogens is 1. The maximum atomic E-state index is 13.0. The lowest BCUT2D eigenvalue weighted by atomic mass is 10.1. The molecule has 1 amide bonds. The number of hydrogen-bond donors (Lipinski definition) is 1. The molecule has 1 atom stereocenters. The molecule has 10 nitrogen and oxygen atoms in total. The molecular weight excluding hydrogens is 794 g/mol. The molecule has 1 N–H and O–H groups in total. The van der Waals surface area contributed by atoms with Gasteiger partial charge in [0.05, 0.1) is 11.5 Å². The lowest BCUT2D eigenvalue weighted by Gasteiger charge is -2.28. The molecule has 2 fully saturated rings. The van der Waals surface area contributed by atoms with E-state index in [0.717, 1.165) is 107 Å². The second-order valence-corrected chi connectivity index (χ2v) is 16.6. The number of benzene rings is 4. The molecule has 2 saturated heterocycles. The molecule has 1 unspecified atom stereocenters. The van der Waals surface area contributed by atoms with Crippen molar-refractivity contribution in [2.75, 3.05) is 45.9 Å². The summed E-state index contributed by atoms with van der Waals surface area (Å²) >= 11 is 5.15. The largest absolute Gasteiger partial charge is 0.508 e. The molecule has 0 saturated carbocycles. The van der Waals surface area contributed by atoms with Crippen LogP contribution in [-0.2, 0) is 27.3 Å². The first-order valence-electron chi connectivity index (χ1n) is 19.3. The van der Waals surface area contributed by atoms with Gasteiger partial charge < -0.3 is 34.0 Å². The Kier molecular flexibility index (Phi) is 11.7. The first kappa shape index (κ1) is 38.1. The topological polar surface area (TPSA) is 109 Å². The molecule has 8 rings (SSSR count). The number of aromatic hydroxyl groups is 1. The number of amides is 1. The number of fused-ring (bicyclic) bond motifs is 2. The van der Waals surface area contributed by atoms with Gasteiger partial charge in [0.25, 0.3) is 5.91 Å². The quantitative estimate of drug-likeness (QED) is 0.0711. The van der Waals surface area contributed by atoms with Crippen LogP contribution in [0.2, 0.25) is 0 Å². The van der Waals surface area contributed by atoms with E-state index >= 15 is 0 Å². The van der Waals surface area contributed by atoms with Crippen LogP contribution >= 0.6 is 27.3 Å². The number of thiophene rings is 1. The lowest BCUT2D eigenvalue weighted by Crippen LogP contribution is -2.45. The van der Waals surface area contributed by atoms with Gasteiger partial charge in [0, 0.05) is 52.7 Å². The molecule has 0 aliphatic carbocycles. The van der Waals surface area contributed by atoms with Gasteiger partial charge in [-0.05, 0) is 129 Å². The number of cyclic esters (lactones) is 2. The number of nitrogens with zero attached hydrogens (tertiary/aromatic N) is 3. The summed E-state index contributed by atoms with van der Waals surface area (Å²) in [5, 5.41) is 11.1. The number of carbonyl (C=O) groups is 3. The lowest BCUT2D eigenvalue weighted by molar-refractivity contribution is -0.167. The predicted molar refractivity (Wildman–Crippen MR) is 220 cm³/mol. The maximum Gasteiger partial charge on any atom is 0.336 e. The fourth-order valence-electron chi connectivity index (χ4n) is 7.80. The van der Waals surface area contributed by atoms with Crippen molar-refractivity contribution >= 4 is 55.2 Å². The standard InChI is InChI=1S/C44H44BrN3O7S/c45-32-9-7-30(8-10-32)42-41(37-15-11-33(49)27-39(37)56-42)54-34-12-5-29(6-13-34)4-1-19-46-20-2-21-47(24-23-46)22-3-25-53-35-14-16-36-31(26-35)28-48(43(36)51)38-17-18-40(50)55-44(38)52/h5-16,26-27,38,49H,1-4,17-25,28H2. The maximum absolute atomic E-state index is 13.0.